The second-order valence-corrected chi connectivity index (χ2v) is 5.91. The van der Waals surface area contributed by atoms with Crippen molar-refractivity contribution in [2.75, 3.05) is 5.32 Å². The smallest absolute Gasteiger partial charge is 0.266 e. The average molecular weight is 341 g/mol. The summed E-state index contributed by atoms with van der Waals surface area (Å²) < 4.78 is 2.12. The summed E-state index contributed by atoms with van der Waals surface area (Å²) in [6.07, 6.45) is 3.50. The predicted octanol–water partition coefficient (Wildman–Crippen LogP) is 4.68. The third kappa shape index (κ3) is 3.28. The number of carbonyl (C=O) groups excluding carboxylic acids is 1. The SMILES string of the molecule is C=CCn1c(C)c(C=C(C#N)C(=O)Nc2ccccc2)c2ccccc21. The molecule has 0 saturated carbocycles. The van der Waals surface area contributed by atoms with Crippen molar-refractivity contribution in [3.05, 3.63) is 84.1 Å². The Balaban J connectivity index is 2.05. The van der Waals surface area contributed by atoms with E-state index in [0.29, 0.717) is 12.2 Å². The van der Waals surface area contributed by atoms with E-state index in [1.165, 1.54) is 0 Å². The summed E-state index contributed by atoms with van der Waals surface area (Å²) in [5, 5.41) is 13.3. The van der Waals surface area contributed by atoms with E-state index >= 15 is 0 Å². The number of nitrogens with zero attached hydrogens (tertiary/aromatic N) is 2. The molecule has 3 aromatic rings. The van der Waals surface area contributed by atoms with E-state index in [0.717, 1.165) is 22.2 Å². The van der Waals surface area contributed by atoms with Gasteiger partial charge in [-0.2, -0.15) is 5.26 Å². The average Bonchev–Trinajstić information content (AvgIpc) is 2.92. The summed E-state index contributed by atoms with van der Waals surface area (Å²) >= 11 is 0. The van der Waals surface area contributed by atoms with Gasteiger partial charge in [0.05, 0.1) is 0 Å². The molecule has 0 aliphatic carbocycles. The number of nitriles is 1. The van der Waals surface area contributed by atoms with E-state index in [2.05, 4.69) is 16.5 Å². The van der Waals surface area contributed by atoms with Crippen LogP contribution in [0.3, 0.4) is 0 Å². The predicted molar refractivity (Wildman–Crippen MR) is 106 cm³/mol. The molecule has 0 fully saturated rings. The van der Waals surface area contributed by atoms with Crippen molar-refractivity contribution < 1.29 is 4.79 Å². The first kappa shape index (κ1) is 17.2. The van der Waals surface area contributed by atoms with Gasteiger partial charge in [0, 0.05) is 34.4 Å². The molecule has 0 atom stereocenters. The van der Waals surface area contributed by atoms with Crippen molar-refractivity contribution >= 4 is 28.6 Å². The van der Waals surface area contributed by atoms with Gasteiger partial charge in [-0.1, -0.05) is 42.5 Å². The monoisotopic (exact) mass is 341 g/mol. The van der Waals surface area contributed by atoms with Crippen LogP contribution in [0.4, 0.5) is 5.69 Å². The van der Waals surface area contributed by atoms with E-state index in [9.17, 15) is 10.1 Å². The van der Waals surface area contributed by atoms with Gasteiger partial charge >= 0.3 is 0 Å². The second kappa shape index (κ2) is 7.54. The van der Waals surface area contributed by atoms with Crippen molar-refractivity contribution in [1.29, 1.82) is 5.26 Å². The lowest BCUT2D eigenvalue weighted by Gasteiger charge is -2.05. The van der Waals surface area contributed by atoms with Crippen LogP contribution in [0, 0.1) is 18.3 Å². The van der Waals surface area contributed by atoms with Crippen LogP contribution in [0.2, 0.25) is 0 Å². The Hall–Kier alpha value is -3.58. The van der Waals surface area contributed by atoms with Crippen LogP contribution in [0.1, 0.15) is 11.3 Å². The first-order valence-electron chi connectivity index (χ1n) is 8.32. The molecular weight excluding hydrogens is 322 g/mol. The lowest BCUT2D eigenvalue weighted by atomic mass is 10.1. The fourth-order valence-electron chi connectivity index (χ4n) is 3.02. The van der Waals surface area contributed by atoms with Gasteiger partial charge in [0.2, 0.25) is 0 Å². The van der Waals surface area contributed by atoms with Crippen LogP contribution in [0.5, 0.6) is 0 Å². The maximum Gasteiger partial charge on any atom is 0.266 e. The number of aromatic nitrogens is 1. The largest absolute Gasteiger partial charge is 0.340 e. The molecule has 1 aromatic heterocycles. The molecule has 0 aliphatic rings. The molecule has 1 N–H and O–H groups in total. The molecule has 3 rings (SSSR count). The third-order valence-electron chi connectivity index (χ3n) is 4.28. The molecule has 2 aromatic carbocycles. The fourth-order valence-corrected chi connectivity index (χ4v) is 3.02. The van der Waals surface area contributed by atoms with E-state index in [-0.39, 0.29) is 5.57 Å². The zero-order valence-electron chi connectivity index (χ0n) is 14.6. The van der Waals surface area contributed by atoms with Crippen LogP contribution in [0.15, 0.2) is 72.8 Å². The highest BCUT2D eigenvalue weighted by atomic mass is 16.1. The summed E-state index contributed by atoms with van der Waals surface area (Å²) in [5.41, 5.74) is 3.65. The normalized spacial score (nSPS) is 11.2. The molecular formula is C22H19N3O. The number of para-hydroxylation sites is 2. The highest BCUT2D eigenvalue weighted by Crippen LogP contribution is 2.28. The molecule has 0 unspecified atom stereocenters. The van der Waals surface area contributed by atoms with Crippen LogP contribution in [-0.2, 0) is 11.3 Å². The molecule has 1 heterocycles. The lowest BCUT2D eigenvalue weighted by Crippen LogP contribution is -2.13. The molecule has 0 aliphatic heterocycles. The Morgan fingerprint density at radius 1 is 1.19 bits per heavy atom. The summed E-state index contributed by atoms with van der Waals surface area (Å²) in [5.74, 6) is -0.418. The number of amides is 1. The van der Waals surface area contributed by atoms with Crippen LogP contribution >= 0.6 is 0 Å². The highest BCUT2D eigenvalue weighted by Gasteiger charge is 2.15. The maximum absolute atomic E-state index is 12.5. The standard InChI is InChI=1S/C22H19N3O/c1-3-13-25-16(2)20(19-11-7-8-12-21(19)25)14-17(15-23)22(26)24-18-9-5-4-6-10-18/h3-12,14H,1,13H2,2H3,(H,24,26). The highest BCUT2D eigenvalue weighted by molar-refractivity contribution is 6.11. The van der Waals surface area contributed by atoms with Gasteiger partial charge in [-0.25, -0.2) is 0 Å². The van der Waals surface area contributed by atoms with Crippen molar-refractivity contribution in [3.8, 4) is 6.07 Å². The Morgan fingerprint density at radius 3 is 2.58 bits per heavy atom. The summed E-state index contributed by atoms with van der Waals surface area (Å²) in [6, 6.07) is 19.1. The second-order valence-electron chi connectivity index (χ2n) is 5.91. The minimum Gasteiger partial charge on any atom is -0.340 e. The van der Waals surface area contributed by atoms with Gasteiger partial charge < -0.3 is 9.88 Å². The molecule has 0 radical (unpaired) electrons. The number of fused-ring (bicyclic) bond motifs is 1. The van der Waals surface area contributed by atoms with E-state index in [1.54, 1.807) is 18.2 Å². The van der Waals surface area contributed by atoms with Crippen molar-refractivity contribution in [1.82, 2.24) is 4.57 Å². The molecule has 0 bridgehead atoms. The van der Waals surface area contributed by atoms with Gasteiger partial charge in [-0.3, -0.25) is 4.79 Å². The van der Waals surface area contributed by atoms with Crippen molar-refractivity contribution in [2.24, 2.45) is 0 Å². The number of hydrogen-bond acceptors (Lipinski definition) is 2. The van der Waals surface area contributed by atoms with Gasteiger partial charge in [0.25, 0.3) is 5.91 Å². The molecule has 4 nitrogen and oxygen atoms in total. The number of carbonyl (C=O) groups is 1. The summed E-state index contributed by atoms with van der Waals surface area (Å²) in [7, 11) is 0. The fraction of sp³-hybridized carbons (Fsp3) is 0.0909. The number of nitrogens with one attached hydrogen (secondary N) is 1. The number of hydrogen-bond donors (Lipinski definition) is 1. The number of benzene rings is 2. The first-order valence-corrected chi connectivity index (χ1v) is 8.32. The minimum atomic E-state index is -0.418. The topological polar surface area (TPSA) is 57.8 Å². The minimum absolute atomic E-state index is 0.0680. The summed E-state index contributed by atoms with van der Waals surface area (Å²) in [6.45, 7) is 6.46. The van der Waals surface area contributed by atoms with Crippen molar-refractivity contribution in [3.63, 3.8) is 0 Å². The molecule has 1 amide bonds. The van der Waals surface area contributed by atoms with Gasteiger partial charge in [-0.15, -0.1) is 6.58 Å². The zero-order valence-corrected chi connectivity index (χ0v) is 14.6. The van der Waals surface area contributed by atoms with Crippen molar-refractivity contribution in [2.45, 2.75) is 13.5 Å². The molecule has 26 heavy (non-hydrogen) atoms. The van der Waals surface area contributed by atoms with Crippen LogP contribution in [-0.4, -0.2) is 10.5 Å². The van der Waals surface area contributed by atoms with Gasteiger partial charge in [0.15, 0.2) is 0 Å². The Morgan fingerprint density at radius 2 is 1.88 bits per heavy atom. The molecule has 0 saturated heterocycles. The molecule has 0 spiro atoms. The van der Waals surface area contributed by atoms with Crippen LogP contribution in [0.25, 0.3) is 17.0 Å². The Bertz CT molecular complexity index is 1040. The number of rotatable bonds is 5. The molecule has 4 heteroatoms. The summed E-state index contributed by atoms with van der Waals surface area (Å²) in [4.78, 5) is 12.5. The van der Waals surface area contributed by atoms with Gasteiger partial charge in [0.1, 0.15) is 11.6 Å². The number of allylic oxidation sites excluding steroid dienone is 1. The quantitative estimate of drug-likeness (QED) is 0.416. The van der Waals surface area contributed by atoms with E-state index in [4.69, 9.17) is 0 Å². The van der Waals surface area contributed by atoms with E-state index < -0.39 is 5.91 Å². The van der Waals surface area contributed by atoms with E-state index in [1.807, 2.05) is 61.5 Å². The Kier molecular flexibility index (Phi) is 5.00. The third-order valence-corrected chi connectivity index (χ3v) is 4.28. The maximum atomic E-state index is 12.5. The van der Waals surface area contributed by atoms with Gasteiger partial charge in [-0.05, 0) is 31.2 Å². The number of anilines is 1. The Labute approximate surface area is 152 Å². The first-order chi connectivity index (χ1) is 12.7. The molecule has 128 valence electrons. The zero-order chi connectivity index (χ0) is 18.5. The lowest BCUT2D eigenvalue weighted by molar-refractivity contribution is -0.112. The van der Waals surface area contributed by atoms with Crippen LogP contribution < -0.4 is 5.32 Å².